The van der Waals surface area contributed by atoms with E-state index in [1.54, 1.807) is 0 Å². The molecule has 0 unspecified atom stereocenters. The van der Waals surface area contributed by atoms with Gasteiger partial charge < -0.3 is 29.1 Å². The molecular formula is BCdO6SiTi-. The molecule has 0 spiro atoms. The van der Waals surface area contributed by atoms with E-state index in [1.807, 2.05) is 0 Å². The molecule has 0 rings (SSSR count). The van der Waals surface area contributed by atoms with Crippen molar-refractivity contribution in [1.29, 1.82) is 0 Å². The van der Waals surface area contributed by atoms with Crippen molar-refractivity contribution in [3.05, 3.63) is 0 Å². The van der Waals surface area contributed by atoms with Crippen molar-refractivity contribution in [3.8, 4) is 0 Å². The molecule has 0 saturated carbocycles. The van der Waals surface area contributed by atoms with E-state index in [9.17, 15) is 0 Å². The van der Waals surface area contributed by atoms with Crippen LogP contribution in [0.15, 0.2) is 0 Å². The molecule has 0 aliphatic heterocycles. The van der Waals surface area contributed by atoms with Gasteiger partial charge in [0, 0.05) is 9.17 Å². The van der Waals surface area contributed by atoms with E-state index in [0.29, 0.717) is 0 Å². The van der Waals surface area contributed by atoms with E-state index in [1.165, 1.54) is 0 Å². The summed E-state index contributed by atoms with van der Waals surface area (Å²) in [6.45, 7) is 0. The molecule has 0 aromatic heterocycles. The van der Waals surface area contributed by atoms with Crippen LogP contribution in [0.5, 0.6) is 0 Å². The summed E-state index contributed by atoms with van der Waals surface area (Å²) >= 11 is 0. The van der Waals surface area contributed by atoms with Crippen molar-refractivity contribution in [2.75, 3.05) is 0 Å². The Morgan fingerprint density at radius 3 is 1.10 bits per heavy atom. The van der Waals surface area contributed by atoms with Crippen LogP contribution in [0.1, 0.15) is 0 Å². The van der Waals surface area contributed by atoms with Crippen molar-refractivity contribution in [2.24, 2.45) is 0 Å². The Balaban J connectivity index is -0.0000000300. The Kier molecular flexibility index (Phi) is 37.4. The van der Waals surface area contributed by atoms with Crippen LogP contribution in [0, 0.1) is 0 Å². The van der Waals surface area contributed by atoms with Gasteiger partial charge in [0.05, 0.1) is 0 Å². The fraction of sp³-hybridized carbons (Fsp3) is 0. The van der Waals surface area contributed by atoms with Crippen LogP contribution in [0.4, 0.5) is 0 Å². The molecular weight excluding hydrogens is 295 g/mol. The van der Waals surface area contributed by atoms with E-state index < -0.39 is 16.5 Å². The third kappa shape index (κ3) is 431. The zero-order valence-corrected chi connectivity index (χ0v) is 11.3. The van der Waals surface area contributed by atoms with Gasteiger partial charge in [-0.25, -0.2) is 0 Å². The Hall–Kier alpha value is 1.20. The van der Waals surface area contributed by atoms with Gasteiger partial charge in [0.25, 0.3) is 0 Å². The summed E-state index contributed by atoms with van der Waals surface area (Å²) in [5.41, 5.74) is 0. The van der Waals surface area contributed by atoms with Crippen molar-refractivity contribution < 1.29 is 78.1 Å². The van der Waals surface area contributed by atoms with E-state index in [0.717, 1.165) is 0 Å². The molecule has 6 nitrogen and oxygen atoms in total. The van der Waals surface area contributed by atoms with Crippen LogP contribution in [0.3, 0.4) is 0 Å². The zero-order valence-electron chi connectivity index (χ0n) is 4.73. The number of hydrogen-bond acceptors (Lipinski definition) is 6. The van der Waals surface area contributed by atoms with Gasteiger partial charge in [-0.15, -0.1) is 0 Å². The van der Waals surface area contributed by atoms with Crippen molar-refractivity contribution in [3.63, 3.8) is 0 Å². The standard InChI is InChI=1S/BO3.Cd.O3Si.Ti/c2-1(3)4;;1-4(2)3;/q-3;+2;-2;+2. The Morgan fingerprint density at radius 1 is 1.10 bits per heavy atom. The second-order valence-corrected chi connectivity index (χ2v) is 1.04. The van der Waals surface area contributed by atoms with Crippen LogP contribution in [-0.2, 0) is 53.5 Å². The third-order valence-electron chi connectivity index (χ3n) is 0. The number of rotatable bonds is 0. The predicted molar refractivity (Wildman–Crippen MR) is 12.2 cm³/mol. The second-order valence-electron chi connectivity index (χ2n) is 0.539. The van der Waals surface area contributed by atoms with Crippen LogP contribution in [0.2, 0.25) is 0 Å². The molecule has 0 aromatic rings. The first-order valence-electron chi connectivity index (χ1n) is 1.32. The summed E-state index contributed by atoms with van der Waals surface area (Å²) < 4.78 is 8.52. The molecule has 0 amide bonds. The van der Waals surface area contributed by atoms with Crippen molar-refractivity contribution in [2.45, 2.75) is 0 Å². The zero-order chi connectivity index (χ0) is 7.15. The van der Waals surface area contributed by atoms with Crippen LogP contribution >= 0.6 is 0 Å². The first kappa shape index (κ1) is 22.5. The topological polar surface area (TPSA) is 132 Å². The molecule has 10 heteroatoms. The smallest absolute Gasteiger partial charge is 0.907 e. The summed E-state index contributed by atoms with van der Waals surface area (Å²) in [6, 6.07) is 0. The first-order valence-corrected chi connectivity index (χ1v) is 2.54. The van der Waals surface area contributed by atoms with Crippen LogP contribution in [0.25, 0.3) is 0 Å². The predicted octanol–water partition coefficient (Wildman–Crippen LogP) is -6.83. The molecule has 0 aliphatic rings. The minimum Gasteiger partial charge on any atom is -0.907 e. The summed E-state index contributed by atoms with van der Waals surface area (Å²) in [5, 5.41) is 25.2. The molecule has 0 aliphatic carbocycles. The molecule has 0 atom stereocenters. The molecule has 0 fully saturated rings. The van der Waals surface area contributed by atoms with Crippen molar-refractivity contribution >= 4 is 16.5 Å². The fourth-order valence-electron chi connectivity index (χ4n) is 0. The van der Waals surface area contributed by atoms with E-state index in [4.69, 9.17) is 29.1 Å². The van der Waals surface area contributed by atoms with E-state index in [-0.39, 0.29) is 49.0 Å². The maximum atomic E-state index is 8.52. The van der Waals surface area contributed by atoms with Gasteiger partial charge >= 0.3 is 49.0 Å². The average Bonchev–Trinajstić information content (AvgIpc) is 1.25. The maximum absolute atomic E-state index is 8.52. The Morgan fingerprint density at radius 2 is 1.10 bits per heavy atom. The summed E-state index contributed by atoms with van der Waals surface area (Å²) in [5.74, 6) is 0. The molecule has 0 radical (unpaired) electrons. The molecule has 10 heavy (non-hydrogen) atoms. The van der Waals surface area contributed by atoms with Gasteiger partial charge in [0.2, 0.25) is 0 Å². The quantitative estimate of drug-likeness (QED) is 0.408. The molecule has 0 aromatic carbocycles. The average molecular weight is 295 g/mol. The minimum atomic E-state index is -3.63. The maximum Gasteiger partial charge on any atom is 2.00 e. The summed E-state index contributed by atoms with van der Waals surface area (Å²) in [6.07, 6.45) is 0. The molecule has 0 bridgehead atoms. The van der Waals surface area contributed by atoms with E-state index in [2.05, 4.69) is 0 Å². The first-order chi connectivity index (χ1) is 3.46. The molecule has 0 N–H and O–H groups in total. The SMILES string of the molecule is O=[Si]([O-])[O-].[Cd+2].[O-]B([O-])[O-].[Ti+2]. The Bertz CT molecular complexity index is 62.0. The van der Waals surface area contributed by atoms with Crippen LogP contribution in [-0.4, -0.2) is 16.5 Å². The third-order valence-corrected chi connectivity index (χ3v) is 0. The largest absolute Gasteiger partial charge is 2.00 e. The van der Waals surface area contributed by atoms with Gasteiger partial charge in [-0.05, 0) is 0 Å². The normalized spacial score (nSPS) is 5.10. The minimum absolute atomic E-state index is 0. The monoisotopic (exact) mass is 297 g/mol. The van der Waals surface area contributed by atoms with Crippen molar-refractivity contribution in [1.82, 2.24) is 0 Å². The van der Waals surface area contributed by atoms with Gasteiger partial charge in [-0.2, -0.15) is 0 Å². The summed E-state index contributed by atoms with van der Waals surface area (Å²) in [4.78, 5) is 17.0. The van der Waals surface area contributed by atoms with Gasteiger partial charge in [0.15, 0.2) is 0 Å². The van der Waals surface area contributed by atoms with Gasteiger partial charge in [-0.1, -0.05) is 0 Å². The Labute approximate surface area is 94.0 Å². The van der Waals surface area contributed by atoms with E-state index >= 15 is 0 Å². The van der Waals surface area contributed by atoms with Gasteiger partial charge in [0.1, 0.15) is 0 Å². The second kappa shape index (κ2) is 16.7. The molecule has 50 valence electrons. The summed E-state index contributed by atoms with van der Waals surface area (Å²) in [7, 11) is -6.55. The fourth-order valence-corrected chi connectivity index (χ4v) is 0. The van der Waals surface area contributed by atoms with Crippen LogP contribution < -0.4 is 24.7 Å². The van der Waals surface area contributed by atoms with Gasteiger partial charge in [-0.3, -0.25) is 7.32 Å². The molecule has 0 heterocycles. The molecule has 0 saturated heterocycles. The number of hydrogen-bond donors (Lipinski definition) is 0.